The number of fused-ring (bicyclic) bond motifs is 1. The smallest absolute Gasteiger partial charge is 0.410 e. The molecule has 2 atom stereocenters. The second-order valence-corrected chi connectivity index (χ2v) is 18.3. The molecule has 2 aromatic carbocycles. The van der Waals surface area contributed by atoms with E-state index in [4.69, 9.17) is 4.74 Å². The van der Waals surface area contributed by atoms with Gasteiger partial charge in [0.25, 0.3) is 0 Å². The Morgan fingerprint density at radius 1 is 0.846 bits per heavy atom. The largest absolute Gasteiger partial charge is 0.444 e. The van der Waals surface area contributed by atoms with Crippen molar-refractivity contribution in [3.63, 3.8) is 0 Å². The fourth-order valence-corrected chi connectivity index (χ4v) is 9.43. The molecular formula is C41H61N5O5S. The second kappa shape index (κ2) is 15.7. The van der Waals surface area contributed by atoms with Gasteiger partial charge in [-0.2, -0.15) is 0 Å². The molecule has 3 saturated heterocycles. The number of carbonyl (C=O) groups is 4. The maximum Gasteiger partial charge on any atom is 0.410 e. The number of hydrogen-bond acceptors (Lipinski definition) is 6. The van der Waals surface area contributed by atoms with Crippen LogP contribution in [0, 0.1) is 5.41 Å². The lowest BCUT2D eigenvalue weighted by Crippen LogP contribution is -2.50. The minimum atomic E-state index is -0.532. The Balaban J connectivity index is 0.00000325. The van der Waals surface area contributed by atoms with Crippen molar-refractivity contribution in [3.8, 4) is 0 Å². The van der Waals surface area contributed by atoms with Gasteiger partial charge in [-0.1, -0.05) is 63.2 Å². The zero-order valence-electron chi connectivity index (χ0n) is 31.9. The number of ether oxygens (including phenoxy) is 1. The first-order chi connectivity index (χ1) is 24.7. The molecule has 6 rings (SSSR count). The standard InChI is InChI=1S/C41H57N5O5S.2H2/c1-40(2,3)20-26-46-36(48)34(27-35(47)43-23-18-30(19-24-43)45-25-17-29-11-7-10-14-33(29)42-38(45)49)52-37(46)32-13-9-8-12-31(32)28-15-21-44(22-16-28)39(50)51-41(4,5)6;;/h7-14,28,30,34,37H,15-27H2,1-6H3,(H,42,49);2*1H/t34-,37?;;/m0../s1. The number of likely N-dealkylation sites (tertiary alicyclic amines) is 2. The lowest BCUT2D eigenvalue weighted by atomic mass is 9.86. The van der Waals surface area contributed by atoms with Gasteiger partial charge in [0.05, 0.1) is 5.25 Å². The molecule has 52 heavy (non-hydrogen) atoms. The van der Waals surface area contributed by atoms with Crippen LogP contribution >= 0.6 is 11.8 Å². The van der Waals surface area contributed by atoms with Crippen LogP contribution in [0.1, 0.15) is 111 Å². The molecule has 1 unspecified atom stereocenters. The van der Waals surface area contributed by atoms with Crippen LogP contribution in [0.4, 0.5) is 15.3 Å². The van der Waals surface area contributed by atoms with E-state index in [2.05, 4.69) is 50.4 Å². The lowest BCUT2D eigenvalue weighted by molar-refractivity contribution is -0.137. The van der Waals surface area contributed by atoms with E-state index in [9.17, 15) is 19.2 Å². The number of nitrogens with zero attached hydrogens (tertiary/aromatic N) is 4. The highest BCUT2D eigenvalue weighted by Crippen LogP contribution is 2.48. The van der Waals surface area contributed by atoms with Gasteiger partial charge in [-0.05, 0) is 93.4 Å². The van der Waals surface area contributed by atoms with E-state index in [0.717, 1.165) is 55.3 Å². The summed E-state index contributed by atoms with van der Waals surface area (Å²) in [5.41, 5.74) is 3.91. The summed E-state index contributed by atoms with van der Waals surface area (Å²) >= 11 is 1.62. The summed E-state index contributed by atoms with van der Waals surface area (Å²) in [6.07, 6.45) is 4.67. The van der Waals surface area contributed by atoms with Gasteiger partial charge in [0.15, 0.2) is 0 Å². The van der Waals surface area contributed by atoms with Crippen LogP contribution in [0.5, 0.6) is 0 Å². The van der Waals surface area contributed by atoms with E-state index in [1.54, 1.807) is 16.7 Å². The molecule has 10 nitrogen and oxygen atoms in total. The van der Waals surface area contributed by atoms with Crippen LogP contribution in [0.3, 0.4) is 0 Å². The zero-order chi connectivity index (χ0) is 37.2. The molecule has 0 spiro atoms. The monoisotopic (exact) mass is 735 g/mol. The molecule has 286 valence electrons. The number of nitrogens with one attached hydrogen (secondary N) is 1. The number of thioether (sulfide) groups is 1. The van der Waals surface area contributed by atoms with Gasteiger partial charge in [-0.25, -0.2) is 9.59 Å². The number of rotatable bonds is 7. The Bertz CT molecular complexity index is 1630. The second-order valence-electron chi connectivity index (χ2n) is 17.0. The molecule has 4 aliphatic rings. The zero-order valence-corrected chi connectivity index (χ0v) is 32.7. The maximum atomic E-state index is 14.2. The molecular weight excluding hydrogens is 675 g/mol. The summed E-state index contributed by atoms with van der Waals surface area (Å²) in [6.45, 7) is 15.9. The molecule has 0 radical (unpaired) electrons. The minimum Gasteiger partial charge on any atom is -0.444 e. The van der Waals surface area contributed by atoms with Crippen molar-refractivity contribution in [2.75, 3.05) is 44.6 Å². The van der Waals surface area contributed by atoms with Crippen molar-refractivity contribution in [1.29, 1.82) is 0 Å². The van der Waals surface area contributed by atoms with E-state index in [-0.39, 0.29) is 56.0 Å². The molecule has 0 saturated carbocycles. The molecule has 0 aliphatic carbocycles. The van der Waals surface area contributed by atoms with Gasteiger partial charge in [-0.15, -0.1) is 11.8 Å². The average Bonchev–Trinajstić information content (AvgIpc) is 3.29. The van der Waals surface area contributed by atoms with E-state index in [1.165, 1.54) is 5.56 Å². The Morgan fingerprint density at radius 3 is 2.15 bits per heavy atom. The molecule has 0 bridgehead atoms. The SMILES string of the molecule is CC(C)(C)CCN1C(=O)[C@H](CC(=O)N2CCC(N3CCc4ccccc4NC3=O)CC2)SC1c1ccccc1C1CCN(C(=O)OC(C)(C)C)CC1.[HH].[HH]. The first kappa shape index (κ1) is 38.0. The topological polar surface area (TPSA) is 103 Å². The van der Waals surface area contributed by atoms with Gasteiger partial charge in [0.1, 0.15) is 11.0 Å². The quantitative estimate of drug-likeness (QED) is 0.308. The third kappa shape index (κ3) is 9.07. The van der Waals surface area contributed by atoms with Gasteiger partial charge < -0.3 is 29.7 Å². The van der Waals surface area contributed by atoms with Gasteiger partial charge in [-0.3, -0.25) is 9.59 Å². The van der Waals surface area contributed by atoms with E-state index in [0.29, 0.717) is 39.3 Å². The average molecular weight is 736 g/mol. The van der Waals surface area contributed by atoms with Crippen molar-refractivity contribution < 1.29 is 26.8 Å². The van der Waals surface area contributed by atoms with Crippen molar-refractivity contribution >= 4 is 41.4 Å². The van der Waals surface area contributed by atoms with Crippen molar-refractivity contribution in [1.82, 2.24) is 19.6 Å². The van der Waals surface area contributed by atoms with Gasteiger partial charge >= 0.3 is 12.1 Å². The first-order valence-electron chi connectivity index (χ1n) is 19.1. The molecule has 1 N–H and O–H groups in total. The Hall–Kier alpha value is -3.73. The Kier molecular flexibility index (Phi) is 11.5. The minimum absolute atomic E-state index is 0. The Morgan fingerprint density at radius 2 is 1.48 bits per heavy atom. The molecule has 3 fully saturated rings. The predicted molar refractivity (Wildman–Crippen MR) is 210 cm³/mol. The van der Waals surface area contributed by atoms with Gasteiger partial charge in [0.2, 0.25) is 11.8 Å². The summed E-state index contributed by atoms with van der Waals surface area (Å²) in [7, 11) is 0. The first-order valence-corrected chi connectivity index (χ1v) is 20.1. The van der Waals surface area contributed by atoms with Crippen LogP contribution in [0.2, 0.25) is 0 Å². The highest BCUT2D eigenvalue weighted by atomic mass is 32.2. The van der Waals surface area contributed by atoms with Gasteiger partial charge in [0, 0.05) is 60.3 Å². The van der Waals surface area contributed by atoms with Crippen LogP contribution in [-0.4, -0.2) is 99.7 Å². The number of hydrogen-bond donors (Lipinski definition) is 1. The highest BCUT2D eigenvalue weighted by molar-refractivity contribution is 8.01. The number of amides is 5. The number of carbonyl (C=O) groups excluding carboxylic acids is 4. The van der Waals surface area contributed by atoms with E-state index >= 15 is 0 Å². The molecule has 4 aliphatic heterocycles. The summed E-state index contributed by atoms with van der Waals surface area (Å²) in [5, 5.41) is 2.45. The predicted octanol–water partition coefficient (Wildman–Crippen LogP) is 8.14. The molecule has 5 amide bonds. The van der Waals surface area contributed by atoms with Crippen LogP contribution in [0.25, 0.3) is 0 Å². The number of anilines is 1. The van der Waals surface area contributed by atoms with Crippen molar-refractivity contribution in [2.24, 2.45) is 5.41 Å². The summed E-state index contributed by atoms with van der Waals surface area (Å²) in [5.74, 6) is 0.312. The molecule has 11 heteroatoms. The highest BCUT2D eigenvalue weighted by Gasteiger charge is 2.44. The van der Waals surface area contributed by atoms with Crippen LogP contribution in [-0.2, 0) is 20.7 Å². The Labute approximate surface area is 316 Å². The lowest BCUT2D eigenvalue weighted by Gasteiger charge is -2.38. The van der Waals surface area contributed by atoms with E-state index in [1.807, 2.05) is 59.7 Å². The number of piperidine rings is 2. The molecule has 4 heterocycles. The number of para-hydroxylation sites is 1. The van der Waals surface area contributed by atoms with Crippen molar-refractivity contribution in [3.05, 3.63) is 65.2 Å². The van der Waals surface area contributed by atoms with Crippen LogP contribution in [0.15, 0.2) is 48.5 Å². The third-order valence-corrected chi connectivity index (χ3v) is 12.3. The number of urea groups is 1. The van der Waals surface area contributed by atoms with Crippen molar-refractivity contribution in [2.45, 2.75) is 115 Å². The van der Waals surface area contributed by atoms with Crippen LogP contribution < -0.4 is 5.32 Å². The molecule has 2 aromatic rings. The third-order valence-electron chi connectivity index (χ3n) is 10.8. The summed E-state index contributed by atoms with van der Waals surface area (Å²) in [6, 6.07) is 16.4. The fourth-order valence-electron chi connectivity index (χ4n) is 7.91. The summed E-state index contributed by atoms with van der Waals surface area (Å²) < 4.78 is 5.63. The molecule has 0 aromatic heterocycles. The van der Waals surface area contributed by atoms with E-state index < -0.39 is 10.9 Å². The summed E-state index contributed by atoms with van der Waals surface area (Å²) in [4.78, 5) is 61.6. The maximum absolute atomic E-state index is 14.2. The fraction of sp³-hybridized carbons (Fsp3) is 0.610. The normalized spacial score (nSPS) is 22.3. The number of benzene rings is 2.